The Balaban J connectivity index is 2.91. The van der Waals surface area contributed by atoms with E-state index in [-0.39, 0.29) is 5.92 Å². The highest BCUT2D eigenvalue weighted by atomic mass is 32.3. The molecule has 0 bridgehead atoms. The Morgan fingerprint density at radius 3 is 2.38 bits per heavy atom. The molecule has 1 heterocycles. The highest BCUT2D eigenvalue weighted by Crippen LogP contribution is 2.23. The fraction of sp³-hybridized carbons (Fsp3) is 1.00. The summed E-state index contributed by atoms with van der Waals surface area (Å²) in [6.45, 7) is 2.18. The number of sulfonamides is 1. The van der Waals surface area contributed by atoms with Gasteiger partial charge in [0.2, 0.25) is 10.0 Å². The van der Waals surface area contributed by atoms with Crippen molar-refractivity contribution in [3.05, 3.63) is 0 Å². The van der Waals surface area contributed by atoms with Crippen LogP contribution in [0, 0.1) is 5.92 Å². The van der Waals surface area contributed by atoms with Crippen molar-refractivity contribution in [3.8, 4) is 0 Å². The molecule has 0 spiro atoms. The normalized spacial score (nSPS) is 29.2. The lowest BCUT2D eigenvalue weighted by Crippen LogP contribution is -2.53. The van der Waals surface area contributed by atoms with E-state index in [1.54, 1.807) is 0 Å². The van der Waals surface area contributed by atoms with Crippen molar-refractivity contribution in [2.24, 2.45) is 11.7 Å². The Morgan fingerprint density at radius 2 is 1.88 bits per heavy atom. The summed E-state index contributed by atoms with van der Waals surface area (Å²) in [6, 6.07) is 0. The van der Waals surface area contributed by atoms with Gasteiger partial charge in [-0.25, -0.2) is 16.8 Å². The molecule has 96 valence electrons. The first kappa shape index (κ1) is 13.9. The van der Waals surface area contributed by atoms with Crippen LogP contribution in [0.2, 0.25) is 0 Å². The summed E-state index contributed by atoms with van der Waals surface area (Å²) >= 11 is 0. The number of hydrogen-bond donors (Lipinski definition) is 1. The number of rotatable bonds is 3. The van der Waals surface area contributed by atoms with E-state index in [9.17, 15) is 16.8 Å². The highest BCUT2D eigenvalue weighted by Gasteiger charge is 2.35. The van der Waals surface area contributed by atoms with E-state index in [0.717, 1.165) is 23.4 Å². The van der Waals surface area contributed by atoms with Gasteiger partial charge in [-0.1, -0.05) is 6.92 Å². The van der Waals surface area contributed by atoms with E-state index in [1.165, 1.54) is 0 Å². The standard InChI is InChI=1S/C8H18N2O4S2/c1-7-4-3-5-10(8(7)9)16(13,14)6-15(2,11)12/h7-8H,3-6,9H2,1-2H3. The van der Waals surface area contributed by atoms with Crippen LogP contribution in [0.1, 0.15) is 19.8 Å². The second-order valence-electron chi connectivity index (χ2n) is 4.38. The molecule has 0 aromatic rings. The molecule has 1 saturated heterocycles. The van der Waals surface area contributed by atoms with E-state index in [4.69, 9.17) is 5.73 Å². The topological polar surface area (TPSA) is 97.5 Å². The van der Waals surface area contributed by atoms with Gasteiger partial charge in [0.15, 0.2) is 14.9 Å². The number of sulfone groups is 1. The van der Waals surface area contributed by atoms with Gasteiger partial charge in [-0.3, -0.25) is 0 Å². The van der Waals surface area contributed by atoms with Crippen LogP contribution in [0.5, 0.6) is 0 Å². The molecule has 1 aliphatic heterocycles. The highest BCUT2D eigenvalue weighted by molar-refractivity contribution is 8.06. The maximum atomic E-state index is 11.8. The van der Waals surface area contributed by atoms with Crippen LogP contribution in [0.4, 0.5) is 0 Å². The molecule has 2 unspecified atom stereocenters. The molecule has 1 aliphatic rings. The van der Waals surface area contributed by atoms with Gasteiger partial charge in [0.1, 0.15) is 0 Å². The third-order valence-corrected chi connectivity index (χ3v) is 6.72. The summed E-state index contributed by atoms with van der Waals surface area (Å²) in [6.07, 6.45) is 1.88. The lowest BCUT2D eigenvalue weighted by atomic mass is 9.99. The molecule has 6 nitrogen and oxygen atoms in total. The Labute approximate surface area is 96.8 Å². The first-order valence-electron chi connectivity index (χ1n) is 5.06. The molecule has 1 fully saturated rings. The average Bonchev–Trinajstić information content (AvgIpc) is 2.05. The third-order valence-electron chi connectivity index (χ3n) is 2.67. The van der Waals surface area contributed by atoms with Crippen LogP contribution >= 0.6 is 0 Å². The third kappa shape index (κ3) is 3.41. The minimum atomic E-state index is -3.80. The molecule has 0 amide bonds. The molecule has 0 aliphatic carbocycles. The molecule has 16 heavy (non-hydrogen) atoms. The number of nitrogens with zero attached hydrogens (tertiary/aromatic N) is 1. The summed E-state index contributed by atoms with van der Waals surface area (Å²) in [5.74, 6) is 0.0584. The minimum Gasteiger partial charge on any atom is -0.315 e. The summed E-state index contributed by atoms with van der Waals surface area (Å²) in [7, 11) is -7.36. The quantitative estimate of drug-likeness (QED) is 0.734. The van der Waals surface area contributed by atoms with Crippen molar-refractivity contribution in [1.29, 1.82) is 0 Å². The SMILES string of the molecule is CC1CCCN(S(=O)(=O)CS(C)(=O)=O)C1N. The first-order chi connectivity index (χ1) is 7.13. The Hall–Kier alpha value is -0.180. The molecule has 0 aromatic carbocycles. The lowest BCUT2D eigenvalue weighted by Gasteiger charge is -2.36. The zero-order valence-corrected chi connectivity index (χ0v) is 11.1. The molecule has 1 rings (SSSR count). The summed E-state index contributed by atoms with van der Waals surface area (Å²) in [5, 5.41) is -0.861. The van der Waals surface area contributed by atoms with Crippen LogP contribution in [-0.4, -0.2) is 45.2 Å². The van der Waals surface area contributed by atoms with E-state index >= 15 is 0 Å². The fourth-order valence-corrected chi connectivity index (χ4v) is 5.53. The lowest BCUT2D eigenvalue weighted by molar-refractivity contribution is 0.193. The van der Waals surface area contributed by atoms with Gasteiger partial charge in [0, 0.05) is 12.8 Å². The summed E-state index contributed by atoms with van der Waals surface area (Å²) in [4.78, 5) is 0. The second-order valence-corrected chi connectivity index (χ2v) is 8.80. The van der Waals surface area contributed by atoms with Gasteiger partial charge < -0.3 is 5.73 Å². The van der Waals surface area contributed by atoms with Crippen LogP contribution in [-0.2, 0) is 19.9 Å². The van der Waals surface area contributed by atoms with Crippen molar-refractivity contribution >= 4 is 19.9 Å². The van der Waals surface area contributed by atoms with Crippen LogP contribution in [0.3, 0.4) is 0 Å². The molecular weight excluding hydrogens is 252 g/mol. The molecule has 2 atom stereocenters. The van der Waals surface area contributed by atoms with Gasteiger partial charge in [0.05, 0.1) is 6.17 Å². The van der Waals surface area contributed by atoms with Crippen molar-refractivity contribution in [1.82, 2.24) is 4.31 Å². The van der Waals surface area contributed by atoms with Crippen LogP contribution in [0.25, 0.3) is 0 Å². The van der Waals surface area contributed by atoms with Crippen molar-refractivity contribution in [2.45, 2.75) is 25.9 Å². The zero-order valence-electron chi connectivity index (χ0n) is 9.46. The Bertz CT molecular complexity index is 443. The van der Waals surface area contributed by atoms with Crippen molar-refractivity contribution in [2.75, 3.05) is 17.9 Å². The number of piperidine rings is 1. The predicted molar refractivity (Wildman–Crippen MR) is 61.7 cm³/mol. The van der Waals surface area contributed by atoms with Gasteiger partial charge in [0.25, 0.3) is 0 Å². The summed E-state index contributed by atoms with van der Waals surface area (Å²) in [5.41, 5.74) is 5.78. The molecule has 8 heteroatoms. The average molecular weight is 270 g/mol. The number of nitrogens with two attached hydrogens (primary N) is 1. The van der Waals surface area contributed by atoms with Crippen molar-refractivity contribution in [3.63, 3.8) is 0 Å². The second kappa shape index (κ2) is 4.59. The molecule has 0 aromatic heterocycles. The van der Waals surface area contributed by atoms with E-state index in [2.05, 4.69) is 0 Å². The van der Waals surface area contributed by atoms with Gasteiger partial charge >= 0.3 is 0 Å². The molecule has 0 radical (unpaired) electrons. The Morgan fingerprint density at radius 1 is 1.31 bits per heavy atom. The molecule has 0 saturated carbocycles. The maximum absolute atomic E-state index is 11.8. The van der Waals surface area contributed by atoms with Gasteiger partial charge in [-0.2, -0.15) is 4.31 Å². The summed E-state index contributed by atoms with van der Waals surface area (Å²) < 4.78 is 46.8. The van der Waals surface area contributed by atoms with E-state index in [1.807, 2.05) is 6.92 Å². The molecular formula is C8H18N2O4S2. The van der Waals surface area contributed by atoms with Crippen LogP contribution < -0.4 is 5.73 Å². The van der Waals surface area contributed by atoms with E-state index < -0.39 is 31.1 Å². The van der Waals surface area contributed by atoms with Crippen LogP contribution in [0.15, 0.2) is 0 Å². The first-order valence-corrected chi connectivity index (χ1v) is 8.73. The number of hydrogen-bond acceptors (Lipinski definition) is 5. The fourth-order valence-electron chi connectivity index (χ4n) is 1.84. The largest absolute Gasteiger partial charge is 0.315 e. The van der Waals surface area contributed by atoms with Crippen molar-refractivity contribution < 1.29 is 16.8 Å². The van der Waals surface area contributed by atoms with Gasteiger partial charge in [-0.15, -0.1) is 0 Å². The van der Waals surface area contributed by atoms with E-state index in [0.29, 0.717) is 6.54 Å². The van der Waals surface area contributed by atoms with Gasteiger partial charge in [-0.05, 0) is 18.8 Å². The maximum Gasteiger partial charge on any atom is 0.229 e. The monoisotopic (exact) mass is 270 g/mol. The zero-order chi connectivity index (χ0) is 12.6. The Kier molecular flexibility index (Phi) is 3.99. The minimum absolute atomic E-state index is 0.0584. The smallest absolute Gasteiger partial charge is 0.229 e. The predicted octanol–water partition coefficient (Wildman–Crippen LogP) is -0.665. The molecule has 2 N–H and O–H groups in total.